The van der Waals surface area contributed by atoms with Gasteiger partial charge in [-0.25, -0.2) is 8.42 Å². The van der Waals surface area contributed by atoms with Crippen LogP contribution in [0.2, 0.25) is 0 Å². The molecule has 0 spiro atoms. The highest BCUT2D eigenvalue weighted by molar-refractivity contribution is 7.89. The van der Waals surface area contributed by atoms with Gasteiger partial charge in [0.25, 0.3) is 0 Å². The summed E-state index contributed by atoms with van der Waals surface area (Å²) in [6.07, 6.45) is 2.81. The lowest BCUT2D eigenvalue weighted by Gasteiger charge is -2.36. The van der Waals surface area contributed by atoms with Crippen LogP contribution in [0.5, 0.6) is 0 Å². The highest BCUT2D eigenvalue weighted by Crippen LogP contribution is 2.21. The predicted molar refractivity (Wildman–Crippen MR) is 122 cm³/mol. The number of hydrogen-bond acceptors (Lipinski definition) is 5. The van der Waals surface area contributed by atoms with E-state index in [1.54, 1.807) is 23.1 Å². The second-order valence-corrected chi connectivity index (χ2v) is 10.4. The third-order valence-electron chi connectivity index (χ3n) is 6.49. The van der Waals surface area contributed by atoms with Crippen LogP contribution in [0.25, 0.3) is 10.8 Å². The first-order valence-electron chi connectivity index (χ1n) is 11.1. The average Bonchev–Trinajstić information content (AvgIpc) is 2.81. The van der Waals surface area contributed by atoms with Gasteiger partial charge in [-0.3, -0.25) is 9.59 Å². The second kappa shape index (κ2) is 9.56. The molecule has 9 heteroatoms. The zero-order valence-corrected chi connectivity index (χ0v) is 18.9. The number of nitrogens with one attached hydrogen (secondary N) is 1. The summed E-state index contributed by atoms with van der Waals surface area (Å²) in [6.45, 7) is 2.38. The van der Waals surface area contributed by atoms with Gasteiger partial charge in [0.05, 0.1) is 11.4 Å². The van der Waals surface area contributed by atoms with E-state index in [9.17, 15) is 18.0 Å². The number of sulfonamides is 1. The van der Waals surface area contributed by atoms with E-state index < -0.39 is 16.1 Å². The number of likely N-dealkylation sites (tertiary alicyclic amines) is 2. The summed E-state index contributed by atoms with van der Waals surface area (Å²) in [5, 5.41) is 1.76. The molecule has 0 aromatic heterocycles. The molecule has 0 unspecified atom stereocenters. The molecule has 2 aliphatic heterocycles. The first kappa shape index (κ1) is 22.7. The van der Waals surface area contributed by atoms with E-state index >= 15 is 0 Å². The number of nitrogens with two attached hydrogens (primary N) is 1. The standard InChI is InChI=1S/C23H30N4O4S/c24-15-17-9-12-26(13-10-17)22(28)16-27-11-3-6-21(23(27)29)25-32(30,31)20-8-7-18-4-1-2-5-19(18)14-20/h1-2,4-5,7-8,14,17,21,25H,3,6,9-13,15-16,24H2/t21-/m0/s1. The molecule has 2 aliphatic rings. The Morgan fingerprint density at radius 1 is 1.03 bits per heavy atom. The molecule has 0 bridgehead atoms. The fourth-order valence-corrected chi connectivity index (χ4v) is 5.74. The van der Waals surface area contributed by atoms with Crippen LogP contribution >= 0.6 is 0 Å². The van der Waals surface area contributed by atoms with Gasteiger partial charge in [-0.1, -0.05) is 30.3 Å². The quantitative estimate of drug-likeness (QED) is 0.678. The van der Waals surface area contributed by atoms with Crippen molar-refractivity contribution in [3.05, 3.63) is 42.5 Å². The maximum absolute atomic E-state index is 13.0. The van der Waals surface area contributed by atoms with Crippen LogP contribution in [0.3, 0.4) is 0 Å². The van der Waals surface area contributed by atoms with E-state index in [0.717, 1.165) is 23.6 Å². The lowest BCUT2D eigenvalue weighted by molar-refractivity contribution is -0.143. The number of amides is 2. The van der Waals surface area contributed by atoms with E-state index in [1.165, 1.54) is 4.90 Å². The van der Waals surface area contributed by atoms with Crippen LogP contribution in [0.4, 0.5) is 0 Å². The Morgan fingerprint density at radius 2 is 1.75 bits per heavy atom. The van der Waals surface area contributed by atoms with Crippen molar-refractivity contribution in [2.24, 2.45) is 11.7 Å². The Kier molecular flexibility index (Phi) is 6.78. The molecule has 2 saturated heterocycles. The van der Waals surface area contributed by atoms with Crippen LogP contribution in [-0.4, -0.2) is 68.8 Å². The van der Waals surface area contributed by atoms with Crippen molar-refractivity contribution < 1.29 is 18.0 Å². The number of benzene rings is 2. The van der Waals surface area contributed by atoms with E-state index in [2.05, 4.69) is 4.72 Å². The van der Waals surface area contributed by atoms with Crippen LogP contribution in [0.1, 0.15) is 25.7 Å². The molecule has 8 nitrogen and oxygen atoms in total. The van der Waals surface area contributed by atoms with E-state index in [4.69, 9.17) is 5.73 Å². The summed E-state index contributed by atoms with van der Waals surface area (Å²) < 4.78 is 28.5. The maximum atomic E-state index is 13.0. The number of hydrogen-bond donors (Lipinski definition) is 2. The number of piperidine rings is 2. The normalized spacial score (nSPS) is 20.7. The van der Waals surface area contributed by atoms with Crippen molar-refractivity contribution >= 4 is 32.6 Å². The van der Waals surface area contributed by atoms with Crippen LogP contribution < -0.4 is 10.5 Å². The maximum Gasteiger partial charge on any atom is 0.242 e. The van der Waals surface area contributed by atoms with Gasteiger partial charge in [0, 0.05) is 19.6 Å². The lowest BCUT2D eigenvalue weighted by Crippen LogP contribution is -2.55. The Bertz CT molecular complexity index is 1100. The Balaban J connectivity index is 1.40. The fourth-order valence-electron chi connectivity index (χ4n) is 4.48. The van der Waals surface area contributed by atoms with Crippen molar-refractivity contribution in [1.29, 1.82) is 0 Å². The zero-order valence-electron chi connectivity index (χ0n) is 18.1. The summed E-state index contributed by atoms with van der Waals surface area (Å²) >= 11 is 0. The molecule has 2 aromatic carbocycles. The van der Waals surface area contributed by atoms with E-state index in [-0.39, 0.29) is 23.3 Å². The lowest BCUT2D eigenvalue weighted by atomic mass is 9.97. The molecular formula is C23H30N4O4S. The van der Waals surface area contributed by atoms with Crippen molar-refractivity contribution in [2.75, 3.05) is 32.7 Å². The molecule has 0 aliphatic carbocycles. The second-order valence-electron chi connectivity index (χ2n) is 8.64. The third kappa shape index (κ3) is 4.95. The monoisotopic (exact) mass is 458 g/mol. The number of nitrogens with zero attached hydrogens (tertiary/aromatic N) is 2. The molecule has 2 aromatic rings. The van der Waals surface area contributed by atoms with E-state index in [0.29, 0.717) is 44.9 Å². The number of carbonyl (C=O) groups is 2. The van der Waals surface area contributed by atoms with Crippen LogP contribution in [0.15, 0.2) is 47.4 Å². The highest BCUT2D eigenvalue weighted by Gasteiger charge is 2.34. The smallest absolute Gasteiger partial charge is 0.242 e. The molecule has 2 heterocycles. The molecule has 172 valence electrons. The molecule has 2 fully saturated rings. The Morgan fingerprint density at radius 3 is 2.47 bits per heavy atom. The van der Waals surface area contributed by atoms with E-state index in [1.807, 2.05) is 24.3 Å². The van der Waals surface area contributed by atoms with Gasteiger partial charge in [-0.2, -0.15) is 4.72 Å². The van der Waals surface area contributed by atoms with Crippen LogP contribution in [-0.2, 0) is 19.6 Å². The minimum absolute atomic E-state index is 0.0136. The van der Waals surface area contributed by atoms with Crippen LogP contribution in [0, 0.1) is 5.92 Å². The molecule has 3 N–H and O–H groups in total. The summed E-state index contributed by atoms with van der Waals surface area (Å²) in [5.41, 5.74) is 5.71. The average molecular weight is 459 g/mol. The van der Waals surface area contributed by atoms with Gasteiger partial charge in [-0.15, -0.1) is 0 Å². The van der Waals surface area contributed by atoms with Gasteiger partial charge >= 0.3 is 0 Å². The zero-order chi connectivity index (χ0) is 22.7. The Hall–Kier alpha value is -2.49. The minimum atomic E-state index is -3.87. The van der Waals surface area contributed by atoms with Gasteiger partial charge < -0.3 is 15.5 Å². The van der Waals surface area contributed by atoms with Crippen molar-refractivity contribution in [3.8, 4) is 0 Å². The first-order valence-corrected chi connectivity index (χ1v) is 12.6. The summed E-state index contributed by atoms with van der Waals surface area (Å²) in [7, 11) is -3.87. The first-order chi connectivity index (χ1) is 15.4. The molecular weight excluding hydrogens is 428 g/mol. The van der Waals surface area contributed by atoms with Gasteiger partial charge in [0.2, 0.25) is 21.8 Å². The molecule has 32 heavy (non-hydrogen) atoms. The SMILES string of the molecule is NCC1CCN(C(=O)CN2CCC[C@H](NS(=O)(=O)c3ccc4ccccc4c3)C2=O)CC1. The minimum Gasteiger partial charge on any atom is -0.341 e. The van der Waals surface area contributed by atoms with Crippen molar-refractivity contribution in [1.82, 2.24) is 14.5 Å². The summed E-state index contributed by atoms with van der Waals surface area (Å²) in [6, 6.07) is 11.6. The topological polar surface area (TPSA) is 113 Å². The number of rotatable bonds is 6. The Labute approximate surface area is 188 Å². The molecule has 0 saturated carbocycles. The van der Waals surface area contributed by atoms with Gasteiger partial charge in [-0.05, 0) is 61.1 Å². The number of fused-ring (bicyclic) bond motifs is 1. The molecule has 4 rings (SSSR count). The molecule has 1 atom stereocenters. The van der Waals surface area contributed by atoms with Gasteiger partial charge in [0.15, 0.2) is 0 Å². The fraction of sp³-hybridized carbons (Fsp3) is 0.478. The van der Waals surface area contributed by atoms with Crippen molar-refractivity contribution in [3.63, 3.8) is 0 Å². The predicted octanol–water partition coefficient (Wildman–Crippen LogP) is 1.31. The summed E-state index contributed by atoms with van der Waals surface area (Å²) in [4.78, 5) is 29.1. The largest absolute Gasteiger partial charge is 0.341 e. The number of carbonyl (C=O) groups excluding carboxylic acids is 2. The molecule has 2 amide bonds. The third-order valence-corrected chi connectivity index (χ3v) is 7.96. The van der Waals surface area contributed by atoms with Gasteiger partial charge in [0.1, 0.15) is 6.04 Å². The summed E-state index contributed by atoms with van der Waals surface area (Å²) in [5.74, 6) is 0.0160. The highest BCUT2D eigenvalue weighted by atomic mass is 32.2. The molecule has 0 radical (unpaired) electrons. The van der Waals surface area contributed by atoms with Crippen molar-refractivity contribution in [2.45, 2.75) is 36.6 Å².